The number of hydrogen-bond donors (Lipinski definition) is 0. The Morgan fingerprint density at radius 3 is 2.38 bits per heavy atom. The van der Waals surface area contributed by atoms with Crippen molar-refractivity contribution in [3.8, 4) is 0 Å². The van der Waals surface area contributed by atoms with E-state index in [0.29, 0.717) is 0 Å². The number of benzene rings is 1. The molecule has 13 heavy (non-hydrogen) atoms. The van der Waals surface area contributed by atoms with Gasteiger partial charge in [0.2, 0.25) is 0 Å². The van der Waals surface area contributed by atoms with Gasteiger partial charge in [-0.2, -0.15) is 0 Å². The van der Waals surface area contributed by atoms with Crippen LogP contribution in [-0.2, 0) is 4.79 Å². The first kappa shape index (κ1) is 9.93. The molecule has 0 amide bonds. The standard InChI is InChI=1S/C11H15NO/c1-12(2)8-11(9-13)10-6-4-3-5-7-10/h3-7,9,11H,8H2,1-2H3. The molecule has 0 aliphatic heterocycles. The van der Waals surface area contributed by atoms with Gasteiger partial charge in [-0.25, -0.2) is 0 Å². The van der Waals surface area contributed by atoms with Crippen LogP contribution < -0.4 is 0 Å². The summed E-state index contributed by atoms with van der Waals surface area (Å²) < 4.78 is 0. The first-order chi connectivity index (χ1) is 6.24. The van der Waals surface area contributed by atoms with E-state index in [1.807, 2.05) is 49.3 Å². The molecule has 2 heteroatoms. The van der Waals surface area contributed by atoms with Gasteiger partial charge in [0.05, 0.1) is 5.92 Å². The number of aldehydes is 1. The number of nitrogens with zero attached hydrogens (tertiary/aromatic N) is 1. The van der Waals surface area contributed by atoms with Crippen LogP contribution in [0.5, 0.6) is 0 Å². The largest absolute Gasteiger partial charge is 0.308 e. The van der Waals surface area contributed by atoms with Crippen LogP contribution >= 0.6 is 0 Å². The molecule has 1 unspecified atom stereocenters. The van der Waals surface area contributed by atoms with E-state index in [1.165, 1.54) is 0 Å². The molecule has 0 saturated heterocycles. The van der Waals surface area contributed by atoms with E-state index >= 15 is 0 Å². The summed E-state index contributed by atoms with van der Waals surface area (Å²) in [5, 5.41) is 0. The Labute approximate surface area is 79.2 Å². The second kappa shape index (κ2) is 4.77. The molecular weight excluding hydrogens is 162 g/mol. The van der Waals surface area contributed by atoms with E-state index in [2.05, 4.69) is 0 Å². The molecule has 70 valence electrons. The van der Waals surface area contributed by atoms with Crippen molar-refractivity contribution in [3.05, 3.63) is 35.9 Å². The summed E-state index contributed by atoms with van der Waals surface area (Å²) >= 11 is 0. The van der Waals surface area contributed by atoms with Crippen molar-refractivity contribution in [1.29, 1.82) is 0 Å². The van der Waals surface area contributed by atoms with E-state index < -0.39 is 0 Å². The maximum atomic E-state index is 10.8. The molecule has 0 heterocycles. The molecular formula is C11H15NO. The Bertz CT molecular complexity index is 256. The van der Waals surface area contributed by atoms with Crippen molar-refractivity contribution < 1.29 is 4.79 Å². The Hall–Kier alpha value is -1.15. The summed E-state index contributed by atoms with van der Waals surface area (Å²) in [4.78, 5) is 12.8. The number of hydrogen-bond acceptors (Lipinski definition) is 2. The topological polar surface area (TPSA) is 20.3 Å². The summed E-state index contributed by atoms with van der Waals surface area (Å²) in [6.45, 7) is 0.771. The molecule has 1 aromatic rings. The first-order valence-electron chi connectivity index (χ1n) is 4.39. The van der Waals surface area contributed by atoms with Crippen molar-refractivity contribution in [1.82, 2.24) is 4.90 Å². The van der Waals surface area contributed by atoms with Crippen LogP contribution in [0.4, 0.5) is 0 Å². The molecule has 0 aromatic heterocycles. The van der Waals surface area contributed by atoms with Gasteiger partial charge >= 0.3 is 0 Å². The monoisotopic (exact) mass is 177 g/mol. The molecule has 0 N–H and O–H groups in total. The summed E-state index contributed by atoms with van der Waals surface area (Å²) in [5.41, 5.74) is 1.09. The predicted octanol–water partition coefficient (Wildman–Crippen LogP) is 1.53. The van der Waals surface area contributed by atoms with Crippen LogP contribution in [0.15, 0.2) is 30.3 Å². The average Bonchev–Trinajstić information content (AvgIpc) is 2.15. The van der Waals surface area contributed by atoms with Crippen LogP contribution in [0.2, 0.25) is 0 Å². The number of likely N-dealkylation sites (N-methyl/N-ethyl adjacent to an activating group) is 1. The van der Waals surface area contributed by atoms with Crippen molar-refractivity contribution in [2.75, 3.05) is 20.6 Å². The Balaban J connectivity index is 2.73. The molecule has 1 aromatic carbocycles. The SMILES string of the molecule is CN(C)CC(C=O)c1ccccc1. The van der Waals surface area contributed by atoms with Crippen molar-refractivity contribution >= 4 is 6.29 Å². The fraction of sp³-hybridized carbons (Fsp3) is 0.364. The third-order valence-corrected chi connectivity index (χ3v) is 1.95. The van der Waals surface area contributed by atoms with Crippen molar-refractivity contribution in [3.63, 3.8) is 0 Å². The first-order valence-corrected chi connectivity index (χ1v) is 4.39. The zero-order valence-electron chi connectivity index (χ0n) is 8.10. The highest BCUT2D eigenvalue weighted by Crippen LogP contribution is 2.12. The lowest BCUT2D eigenvalue weighted by Crippen LogP contribution is -2.21. The van der Waals surface area contributed by atoms with E-state index in [-0.39, 0.29) is 5.92 Å². The molecule has 2 nitrogen and oxygen atoms in total. The fourth-order valence-corrected chi connectivity index (χ4v) is 1.32. The summed E-state index contributed by atoms with van der Waals surface area (Å²) in [5.74, 6) is -0.00352. The zero-order valence-corrected chi connectivity index (χ0v) is 8.10. The molecule has 0 fully saturated rings. The Morgan fingerprint density at radius 2 is 1.92 bits per heavy atom. The molecule has 0 bridgehead atoms. The normalized spacial score (nSPS) is 12.8. The molecule has 0 aliphatic rings. The van der Waals surface area contributed by atoms with Gasteiger partial charge in [-0.05, 0) is 19.7 Å². The van der Waals surface area contributed by atoms with E-state index in [9.17, 15) is 4.79 Å². The van der Waals surface area contributed by atoms with Gasteiger partial charge in [-0.1, -0.05) is 30.3 Å². The molecule has 0 radical (unpaired) electrons. The third kappa shape index (κ3) is 2.99. The zero-order chi connectivity index (χ0) is 9.68. The van der Waals surface area contributed by atoms with Crippen molar-refractivity contribution in [2.45, 2.75) is 5.92 Å². The molecule has 1 rings (SSSR count). The van der Waals surface area contributed by atoms with Crippen LogP contribution in [0, 0.1) is 0 Å². The van der Waals surface area contributed by atoms with Crippen LogP contribution in [0.25, 0.3) is 0 Å². The van der Waals surface area contributed by atoms with Gasteiger partial charge < -0.3 is 9.69 Å². The maximum Gasteiger partial charge on any atom is 0.128 e. The third-order valence-electron chi connectivity index (χ3n) is 1.95. The Kier molecular flexibility index (Phi) is 3.65. The van der Waals surface area contributed by atoms with Gasteiger partial charge in [-0.15, -0.1) is 0 Å². The quantitative estimate of drug-likeness (QED) is 0.650. The highest BCUT2D eigenvalue weighted by atomic mass is 16.1. The fourth-order valence-electron chi connectivity index (χ4n) is 1.32. The molecule has 0 saturated carbocycles. The summed E-state index contributed by atoms with van der Waals surface area (Å²) in [7, 11) is 3.94. The lowest BCUT2D eigenvalue weighted by Gasteiger charge is -2.15. The lowest BCUT2D eigenvalue weighted by molar-refractivity contribution is -0.109. The molecule has 0 spiro atoms. The maximum absolute atomic E-state index is 10.8. The average molecular weight is 177 g/mol. The highest BCUT2D eigenvalue weighted by molar-refractivity contribution is 5.62. The minimum Gasteiger partial charge on any atom is -0.308 e. The summed E-state index contributed by atoms with van der Waals surface area (Å²) in [6, 6.07) is 9.86. The van der Waals surface area contributed by atoms with Gasteiger partial charge in [-0.3, -0.25) is 0 Å². The summed E-state index contributed by atoms with van der Waals surface area (Å²) in [6.07, 6.45) is 1.01. The number of carbonyl (C=O) groups is 1. The molecule has 0 aliphatic carbocycles. The molecule has 1 atom stereocenters. The van der Waals surface area contributed by atoms with Crippen LogP contribution in [-0.4, -0.2) is 31.8 Å². The van der Waals surface area contributed by atoms with Gasteiger partial charge in [0, 0.05) is 6.54 Å². The second-order valence-corrected chi connectivity index (χ2v) is 3.42. The van der Waals surface area contributed by atoms with Crippen LogP contribution in [0.3, 0.4) is 0 Å². The highest BCUT2D eigenvalue weighted by Gasteiger charge is 2.09. The lowest BCUT2D eigenvalue weighted by atomic mass is 10.0. The van der Waals surface area contributed by atoms with Gasteiger partial charge in [0.25, 0.3) is 0 Å². The van der Waals surface area contributed by atoms with Crippen molar-refractivity contribution in [2.24, 2.45) is 0 Å². The van der Waals surface area contributed by atoms with E-state index in [1.54, 1.807) is 0 Å². The van der Waals surface area contributed by atoms with E-state index in [0.717, 1.165) is 18.4 Å². The number of rotatable bonds is 4. The van der Waals surface area contributed by atoms with Gasteiger partial charge in [0.15, 0.2) is 0 Å². The van der Waals surface area contributed by atoms with Crippen LogP contribution in [0.1, 0.15) is 11.5 Å². The predicted molar refractivity (Wildman–Crippen MR) is 53.8 cm³/mol. The van der Waals surface area contributed by atoms with E-state index in [4.69, 9.17) is 0 Å². The minimum atomic E-state index is -0.00352. The second-order valence-electron chi connectivity index (χ2n) is 3.42. The smallest absolute Gasteiger partial charge is 0.128 e. The van der Waals surface area contributed by atoms with Gasteiger partial charge in [0.1, 0.15) is 6.29 Å². The Morgan fingerprint density at radius 1 is 1.31 bits per heavy atom. The number of carbonyl (C=O) groups excluding carboxylic acids is 1. The minimum absolute atomic E-state index is 0.00352.